The summed E-state index contributed by atoms with van der Waals surface area (Å²) in [6.45, 7) is 2.80. The summed E-state index contributed by atoms with van der Waals surface area (Å²) in [4.78, 5) is 18.1. The molecule has 0 bridgehead atoms. The van der Waals surface area contributed by atoms with E-state index < -0.39 is 0 Å². The predicted octanol–water partition coefficient (Wildman–Crippen LogP) is 0.754. The second-order valence-electron chi connectivity index (χ2n) is 5.87. The molecule has 25 heavy (non-hydrogen) atoms. The molecule has 3 rings (SSSR count). The topological polar surface area (TPSA) is 96.1 Å². The minimum atomic E-state index is -0.117. The second-order valence-corrected chi connectivity index (χ2v) is 5.87. The van der Waals surface area contributed by atoms with Gasteiger partial charge in [-0.15, -0.1) is 0 Å². The Morgan fingerprint density at radius 2 is 2.32 bits per heavy atom. The molecule has 2 aromatic rings. The van der Waals surface area contributed by atoms with Gasteiger partial charge in [0.05, 0.1) is 30.2 Å². The molecule has 0 aromatic carbocycles. The van der Waals surface area contributed by atoms with Gasteiger partial charge in [-0.25, -0.2) is 9.67 Å². The fourth-order valence-electron chi connectivity index (χ4n) is 2.69. The summed E-state index contributed by atoms with van der Waals surface area (Å²) in [6, 6.07) is 7.17. The first kappa shape index (κ1) is 16.9. The van der Waals surface area contributed by atoms with Crippen LogP contribution in [-0.4, -0.2) is 47.1 Å². The Morgan fingerprint density at radius 1 is 1.44 bits per heavy atom. The van der Waals surface area contributed by atoms with E-state index in [2.05, 4.69) is 20.3 Å². The lowest BCUT2D eigenvalue weighted by atomic mass is 10.2. The molecule has 1 fully saturated rings. The number of aryl methyl sites for hydroxylation is 1. The number of rotatable bonds is 5. The van der Waals surface area contributed by atoms with E-state index in [4.69, 9.17) is 10.00 Å². The van der Waals surface area contributed by atoms with Crippen LogP contribution in [0.3, 0.4) is 0 Å². The first-order valence-corrected chi connectivity index (χ1v) is 8.15. The largest absolute Gasteiger partial charge is 0.374 e. The van der Waals surface area contributed by atoms with Crippen LogP contribution in [0.25, 0.3) is 0 Å². The van der Waals surface area contributed by atoms with Crippen LogP contribution in [0.5, 0.6) is 0 Å². The van der Waals surface area contributed by atoms with Gasteiger partial charge in [0.2, 0.25) is 0 Å². The Labute approximate surface area is 145 Å². The van der Waals surface area contributed by atoms with Crippen molar-refractivity contribution in [1.29, 1.82) is 5.26 Å². The third kappa shape index (κ3) is 4.33. The highest BCUT2D eigenvalue weighted by atomic mass is 16.5. The van der Waals surface area contributed by atoms with Gasteiger partial charge < -0.3 is 15.0 Å². The average molecular weight is 340 g/mol. The Balaban J connectivity index is 1.52. The molecule has 0 saturated carbocycles. The minimum Gasteiger partial charge on any atom is -0.374 e. The Bertz CT molecular complexity index is 811. The number of morpholine rings is 1. The van der Waals surface area contributed by atoms with Gasteiger partial charge >= 0.3 is 0 Å². The van der Waals surface area contributed by atoms with Gasteiger partial charge in [-0.1, -0.05) is 0 Å². The van der Waals surface area contributed by atoms with Crippen LogP contribution in [-0.2, 0) is 11.8 Å². The van der Waals surface area contributed by atoms with Gasteiger partial charge in [0, 0.05) is 38.9 Å². The van der Waals surface area contributed by atoms with Crippen LogP contribution in [0.2, 0.25) is 0 Å². The van der Waals surface area contributed by atoms with Crippen LogP contribution >= 0.6 is 0 Å². The SMILES string of the molecule is Cn1ncc(N2CCO[C@@H](CCNc3ccc(C#N)cn3)C2)cc1=O. The van der Waals surface area contributed by atoms with Gasteiger partial charge in [-0.3, -0.25) is 4.79 Å². The normalized spacial score (nSPS) is 17.1. The summed E-state index contributed by atoms with van der Waals surface area (Å²) in [5.74, 6) is 0.738. The number of nitrogens with zero attached hydrogens (tertiary/aromatic N) is 5. The summed E-state index contributed by atoms with van der Waals surface area (Å²) in [6.07, 6.45) is 4.15. The Morgan fingerprint density at radius 3 is 3.04 bits per heavy atom. The lowest BCUT2D eigenvalue weighted by Gasteiger charge is -2.34. The van der Waals surface area contributed by atoms with E-state index in [1.165, 1.54) is 4.68 Å². The maximum Gasteiger partial charge on any atom is 0.268 e. The molecule has 1 atom stereocenters. The number of hydrogen-bond acceptors (Lipinski definition) is 7. The van der Waals surface area contributed by atoms with Crippen molar-refractivity contribution in [3.8, 4) is 6.07 Å². The van der Waals surface area contributed by atoms with Crippen molar-refractivity contribution in [1.82, 2.24) is 14.8 Å². The Kier molecular flexibility index (Phi) is 5.26. The number of anilines is 2. The monoisotopic (exact) mass is 340 g/mol. The summed E-state index contributed by atoms with van der Waals surface area (Å²) in [7, 11) is 1.64. The number of hydrogen-bond donors (Lipinski definition) is 1. The summed E-state index contributed by atoms with van der Waals surface area (Å²) >= 11 is 0. The molecule has 130 valence electrons. The summed E-state index contributed by atoms with van der Waals surface area (Å²) in [5.41, 5.74) is 1.26. The molecule has 0 aliphatic carbocycles. The first-order valence-electron chi connectivity index (χ1n) is 8.15. The van der Waals surface area contributed by atoms with Gasteiger partial charge in [-0.05, 0) is 18.6 Å². The van der Waals surface area contributed by atoms with Gasteiger partial charge in [0.15, 0.2) is 0 Å². The highest BCUT2D eigenvalue weighted by Gasteiger charge is 2.21. The van der Waals surface area contributed by atoms with Crippen molar-refractivity contribution in [2.45, 2.75) is 12.5 Å². The first-order chi connectivity index (χ1) is 12.2. The Hall–Kier alpha value is -2.92. The molecule has 2 aromatic heterocycles. The van der Waals surface area contributed by atoms with E-state index in [9.17, 15) is 4.79 Å². The molecule has 0 unspecified atom stereocenters. The van der Waals surface area contributed by atoms with E-state index >= 15 is 0 Å². The van der Waals surface area contributed by atoms with Crippen LogP contribution in [0, 0.1) is 11.3 Å². The smallest absolute Gasteiger partial charge is 0.268 e. The second kappa shape index (κ2) is 7.77. The van der Waals surface area contributed by atoms with E-state index in [1.54, 1.807) is 37.6 Å². The highest BCUT2D eigenvalue weighted by molar-refractivity contribution is 5.43. The van der Waals surface area contributed by atoms with Crippen molar-refractivity contribution in [2.24, 2.45) is 7.05 Å². The van der Waals surface area contributed by atoms with Crippen LogP contribution in [0.4, 0.5) is 11.5 Å². The summed E-state index contributed by atoms with van der Waals surface area (Å²) in [5, 5.41) is 16.1. The molecule has 0 spiro atoms. The zero-order valence-corrected chi connectivity index (χ0v) is 14.1. The predicted molar refractivity (Wildman–Crippen MR) is 93.5 cm³/mol. The highest BCUT2D eigenvalue weighted by Crippen LogP contribution is 2.16. The number of aromatic nitrogens is 3. The third-order valence-corrected chi connectivity index (χ3v) is 4.12. The molecule has 1 aliphatic heterocycles. The van der Waals surface area contributed by atoms with E-state index in [-0.39, 0.29) is 11.7 Å². The molecule has 8 heteroatoms. The molecular formula is C17H20N6O2. The number of nitriles is 1. The van der Waals surface area contributed by atoms with Crippen molar-refractivity contribution in [3.05, 3.63) is 46.5 Å². The van der Waals surface area contributed by atoms with Gasteiger partial charge in [0.25, 0.3) is 5.56 Å². The molecule has 0 amide bonds. The summed E-state index contributed by atoms with van der Waals surface area (Å²) < 4.78 is 7.12. The van der Waals surface area contributed by atoms with E-state index in [1.807, 2.05) is 6.07 Å². The molecule has 1 saturated heterocycles. The maximum absolute atomic E-state index is 11.7. The van der Waals surface area contributed by atoms with Crippen molar-refractivity contribution < 1.29 is 4.74 Å². The quantitative estimate of drug-likeness (QED) is 0.858. The van der Waals surface area contributed by atoms with Gasteiger partial charge in [0.1, 0.15) is 11.9 Å². The lowest BCUT2D eigenvalue weighted by molar-refractivity contribution is 0.0374. The fraction of sp³-hybridized carbons (Fsp3) is 0.412. The molecule has 0 radical (unpaired) electrons. The van der Waals surface area contributed by atoms with E-state index in [0.717, 1.165) is 31.0 Å². The fourth-order valence-corrected chi connectivity index (χ4v) is 2.69. The zero-order valence-electron chi connectivity index (χ0n) is 14.1. The molecule has 1 N–H and O–H groups in total. The van der Waals surface area contributed by atoms with Crippen molar-refractivity contribution in [2.75, 3.05) is 36.5 Å². The number of nitrogens with one attached hydrogen (secondary N) is 1. The molecule has 3 heterocycles. The molecule has 8 nitrogen and oxygen atoms in total. The minimum absolute atomic E-state index is 0.0729. The van der Waals surface area contributed by atoms with Crippen molar-refractivity contribution >= 4 is 11.5 Å². The molecular weight excluding hydrogens is 320 g/mol. The third-order valence-electron chi connectivity index (χ3n) is 4.12. The zero-order chi connectivity index (χ0) is 17.6. The van der Waals surface area contributed by atoms with E-state index in [0.29, 0.717) is 18.7 Å². The van der Waals surface area contributed by atoms with Crippen LogP contribution in [0.1, 0.15) is 12.0 Å². The standard InChI is InChI=1S/C17H20N6O2/c1-22-17(24)8-14(11-21-22)23-6-7-25-15(12-23)4-5-19-16-3-2-13(9-18)10-20-16/h2-3,8,10-11,15H,4-7,12H2,1H3,(H,19,20)/t15-/m0/s1. The van der Waals surface area contributed by atoms with Crippen LogP contribution in [0.15, 0.2) is 35.4 Å². The van der Waals surface area contributed by atoms with Crippen LogP contribution < -0.4 is 15.8 Å². The lowest BCUT2D eigenvalue weighted by Crippen LogP contribution is -2.43. The van der Waals surface area contributed by atoms with Crippen molar-refractivity contribution in [3.63, 3.8) is 0 Å². The molecule has 1 aliphatic rings. The number of ether oxygens (including phenoxy) is 1. The maximum atomic E-state index is 11.7. The average Bonchev–Trinajstić information content (AvgIpc) is 2.65. The number of pyridine rings is 1. The van der Waals surface area contributed by atoms with Gasteiger partial charge in [-0.2, -0.15) is 10.4 Å².